The van der Waals surface area contributed by atoms with Crippen molar-refractivity contribution in [2.75, 3.05) is 13.1 Å². The highest BCUT2D eigenvalue weighted by atomic mass is 32.2. The number of nitrogens with one attached hydrogen (secondary N) is 1. The van der Waals surface area contributed by atoms with Crippen molar-refractivity contribution in [2.45, 2.75) is 44.4 Å². The molecular weight excluding hydrogens is 314 g/mol. The quantitative estimate of drug-likeness (QED) is 0.662. The maximum atomic E-state index is 12.6. The number of sulfonamides is 1. The second-order valence-corrected chi connectivity index (χ2v) is 7.57. The molecular formula is C16H23N3O3S. The predicted molar refractivity (Wildman–Crippen MR) is 89.9 cm³/mol. The summed E-state index contributed by atoms with van der Waals surface area (Å²) in [6, 6.07) is 6.11. The molecule has 2 rings (SSSR count). The van der Waals surface area contributed by atoms with Crippen molar-refractivity contribution in [3.8, 4) is 0 Å². The van der Waals surface area contributed by atoms with Gasteiger partial charge in [-0.25, -0.2) is 13.8 Å². The summed E-state index contributed by atoms with van der Waals surface area (Å²) in [7, 11) is -3.54. The van der Waals surface area contributed by atoms with E-state index in [0.29, 0.717) is 13.1 Å². The van der Waals surface area contributed by atoms with Gasteiger partial charge in [-0.3, -0.25) is 4.79 Å². The minimum Gasteiger partial charge on any atom is -0.267 e. The smallest absolute Gasteiger partial charge is 0.267 e. The molecule has 0 aromatic heterocycles. The Morgan fingerprint density at radius 2 is 1.96 bits per heavy atom. The number of nitrogens with zero attached hydrogens (tertiary/aromatic N) is 2. The lowest BCUT2D eigenvalue weighted by atomic mass is 10.2. The van der Waals surface area contributed by atoms with Gasteiger partial charge in [0.25, 0.3) is 5.91 Å². The Kier molecular flexibility index (Phi) is 5.90. The lowest BCUT2D eigenvalue weighted by Crippen LogP contribution is -2.35. The van der Waals surface area contributed by atoms with E-state index < -0.39 is 15.9 Å². The SMILES string of the molecule is CC/C(C)=N\NC(=O)c1cccc(S(=O)(=O)N2CCCCC2)c1. The van der Waals surface area contributed by atoms with Crippen molar-refractivity contribution in [2.24, 2.45) is 5.10 Å². The van der Waals surface area contributed by atoms with Gasteiger partial charge in [0.15, 0.2) is 0 Å². The molecule has 0 bridgehead atoms. The molecule has 126 valence electrons. The number of rotatable bonds is 5. The Bertz CT molecular complexity index is 692. The molecule has 0 atom stereocenters. The molecule has 1 saturated heterocycles. The molecule has 7 heteroatoms. The lowest BCUT2D eigenvalue weighted by molar-refractivity contribution is 0.0954. The van der Waals surface area contributed by atoms with E-state index in [9.17, 15) is 13.2 Å². The first-order valence-corrected chi connectivity index (χ1v) is 9.33. The van der Waals surface area contributed by atoms with Crippen molar-refractivity contribution in [3.63, 3.8) is 0 Å². The van der Waals surface area contributed by atoms with Crippen LogP contribution in [0.25, 0.3) is 0 Å². The summed E-state index contributed by atoms with van der Waals surface area (Å²) in [5, 5.41) is 3.96. The number of benzene rings is 1. The van der Waals surface area contributed by atoms with Crippen molar-refractivity contribution >= 4 is 21.6 Å². The maximum Gasteiger partial charge on any atom is 0.271 e. The summed E-state index contributed by atoms with van der Waals surface area (Å²) in [5.41, 5.74) is 3.54. The number of hydrogen-bond donors (Lipinski definition) is 1. The highest BCUT2D eigenvalue weighted by molar-refractivity contribution is 7.89. The van der Waals surface area contributed by atoms with E-state index >= 15 is 0 Å². The first-order chi connectivity index (χ1) is 10.9. The largest absolute Gasteiger partial charge is 0.271 e. The molecule has 23 heavy (non-hydrogen) atoms. The van der Waals surface area contributed by atoms with Gasteiger partial charge in [-0.1, -0.05) is 19.4 Å². The van der Waals surface area contributed by atoms with Crippen LogP contribution in [-0.4, -0.2) is 37.4 Å². The fraction of sp³-hybridized carbons (Fsp3) is 0.500. The Morgan fingerprint density at radius 1 is 1.26 bits per heavy atom. The van der Waals surface area contributed by atoms with E-state index in [2.05, 4.69) is 10.5 Å². The monoisotopic (exact) mass is 337 g/mol. The number of carbonyl (C=O) groups is 1. The van der Waals surface area contributed by atoms with E-state index in [4.69, 9.17) is 0 Å². The molecule has 6 nitrogen and oxygen atoms in total. The van der Waals surface area contributed by atoms with Gasteiger partial charge in [0.05, 0.1) is 4.90 Å². The Hall–Kier alpha value is -1.73. The molecule has 0 radical (unpaired) electrons. The van der Waals surface area contributed by atoms with Crippen LogP contribution in [0.4, 0.5) is 0 Å². The zero-order valence-corrected chi connectivity index (χ0v) is 14.4. The summed E-state index contributed by atoms with van der Waals surface area (Å²) < 4.78 is 26.8. The van der Waals surface area contributed by atoms with E-state index in [-0.39, 0.29) is 10.5 Å². The molecule has 1 fully saturated rings. The van der Waals surface area contributed by atoms with E-state index in [1.165, 1.54) is 16.4 Å². The van der Waals surface area contributed by atoms with Gasteiger partial charge in [0.1, 0.15) is 0 Å². The summed E-state index contributed by atoms with van der Waals surface area (Å²) in [6.07, 6.45) is 3.56. The van der Waals surface area contributed by atoms with Gasteiger partial charge in [-0.2, -0.15) is 9.41 Å². The molecule has 0 aliphatic carbocycles. The van der Waals surface area contributed by atoms with Crippen molar-refractivity contribution in [1.29, 1.82) is 0 Å². The van der Waals surface area contributed by atoms with Gasteiger partial charge >= 0.3 is 0 Å². The molecule has 1 amide bonds. The van der Waals surface area contributed by atoms with Gasteiger partial charge in [0.2, 0.25) is 10.0 Å². The minimum absolute atomic E-state index is 0.156. The van der Waals surface area contributed by atoms with Gasteiger partial charge < -0.3 is 0 Å². The summed E-state index contributed by atoms with van der Waals surface area (Å²) >= 11 is 0. The Labute approximate surface area is 137 Å². The zero-order chi connectivity index (χ0) is 16.9. The van der Waals surface area contributed by atoms with Crippen LogP contribution in [0.15, 0.2) is 34.3 Å². The average molecular weight is 337 g/mol. The van der Waals surface area contributed by atoms with Crippen LogP contribution < -0.4 is 5.43 Å². The highest BCUT2D eigenvalue weighted by Crippen LogP contribution is 2.21. The van der Waals surface area contributed by atoms with Crippen LogP contribution in [0.2, 0.25) is 0 Å². The molecule has 1 aliphatic rings. The lowest BCUT2D eigenvalue weighted by Gasteiger charge is -2.25. The van der Waals surface area contributed by atoms with Crippen molar-refractivity contribution < 1.29 is 13.2 Å². The third-order valence-corrected chi connectivity index (χ3v) is 5.80. The molecule has 1 heterocycles. The number of carbonyl (C=O) groups excluding carboxylic acids is 1. The Morgan fingerprint density at radius 3 is 2.61 bits per heavy atom. The van der Waals surface area contributed by atoms with Crippen molar-refractivity contribution in [1.82, 2.24) is 9.73 Å². The second-order valence-electron chi connectivity index (χ2n) is 5.63. The van der Waals surface area contributed by atoms with Gasteiger partial charge in [-0.15, -0.1) is 0 Å². The normalized spacial score (nSPS) is 17.0. The van der Waals surface area contributed by atoms with E-state index in [1.807, 2.05) is 13.8 Å². The van der Waals surface area contributed by atoms with Gasteiger partial charge in [-0.05, 0) is 44.4 Å². The molecule has 0 saturated carbocycles. The standard InChI is InChI=1S/C16H23N3O3S/c1-3-13(2)17-18-16(20)14-8-7-9-15(12-14)23(21,22)19-10-5-4-6-11-19/h7-9,12H,3-6,10-11H2,1-2H3,(H,18,20)/b17-13-. The van der Waals surface area contributed by atoms with Crippen LogP contribution in [-0.2, 0) is 10.0 Å². The third-order valence-electron chi connectivity index (χ3n) is 3.91. The summed E-state index contributed by atoms with van der Waals surface area (Å²) in [6.45, 7) is 4.84. The third kappa shape index (κ3) is 4.39. The average Bonchev–Trinajstić information content (AvgIpc) is 2.60. The first-order valence-electron chi connectivity index (χ1n) is 7.89. The molecule has 1 aliphatic heterocycles. The topological polar surface area (TPSA) is 78.8 Å². The first kappa shape index (κ1) is 17.6. The predicted octanol–water partition coefficient (Wildman–Crippen LogP) is 2.38. The van der Waals surface area contributed by atoms with Crippen molar-refractivity contribution in [3.05, 3.63) is 29.8 Å². The van der Waals surface area contributed by atoms with Crippen LogP contribution in [0.5, 0.6) is 0 Å². The highest BCUT2D eigenvalue weighted by Gasteiger charge is 2.26. The molecule has 1 aromatic rings. The second kappa shape index (κ2) is 7.70. The fourth-order valence-corrected chi connectivity index (χ4v) is 3.91. The number of piperidine rings is 1. The van der Waals surface area contributed by atoms with Crippen LogP contribution in [0.1, 0.15) is 49.9 Å². The van der Waals surface area contributed by atoms with E-state index in [1.54, 1.807) is 12.1 Å². The molecule has 1 aromatic carbocycles. The summed E-state index contributed by atoms with van der Waals surface area (Å²) in [4.78, 5) is 12.2. The maximum absolute atomic E-state index is 12.6. The molecule has 0 spiro atoms. The van der Waals surface area contributed by atoms with E-state index in [0.717, 1.165) is 31.4 Å². The molecule has 0 unspecified atom stereocenters. The Balaban J connectivity index is 2.20. The minimum atomic E-state index is -3.54. The number of hydrogen-bond acceptors (Lipinski definition) is 4. The zero-order valence-electron chi connectivity index (χ0n) is 13.6. The molecule has 1 N–H and O–H groups in total. The fourth-order valence-electron chi connectivity index (χ4n) is 2.34. The van der Waals surface area contributed by atoms with Crippen LogP contribution in [0, 0.1) is 0 Å². The number of amides is 1. The summed E-state index contributed by atoms with van der Waals surface area (Å²) in [5.74, 6) is -0.409. The number of hydrazone groups is 1. The van der Waals surface area contributed by atoms with Crippen LogP contribution >= 0.6 is 0 Å². The van der Waals surface area contributed by atoms with Crippen LogP contribution in [0.3, 0.4) is 0 Å². The van der Waals surface area contributed by atoms with Gasteiger partial charge in [0, 0.05) is 24.4 Å².